The molecule has 0 saturated heterocycles. The second-order valence-corrected chi connectivity index (χ2v) is 2.26. The molecule has 10 heavy (non-hydrogen) atoms. The minimum absolute atomic E-state index is 0.206. The van der Waals surface area contributed by atoms with Gasteiger partial charge >= 0.3 is 5.97 Å². The number of ether oxygens (including phenoxy) is 1. The van der Waals surface area contributed by atoms with Crippen molar-refractivity contribution >= 4 is 5.97 Å². The van der Waals surface area contributed by atoms with Crippen molar-refractivity contribution < 1.29 is 9.53 Å². The first kappa shape index (κ1) is 7.06. The molecular formula is C8H10O2. The van der Waals surface area contributed by atoms with Gasteiger partial charge in [0, 0.05) is 5.57 Å². The molecule has 0 aromatic heterocycles. The molecule has 1 aliphatic carbocycles. The molecule has 0 aromatic carbocycles. The molecule has 0 amide bonds. The summed E-state index contributed by atoms with van der Waals surface area (Å²) in [6.45, 7) is 1.91. The molecule has 54 valence electrons. The van der Waals surface area contributed by atoms with Crippen LogP contribution in [0.5, 0.6) is 0 Å². The van der Waals surface area contributed by atoms with Crippen LogP contribution in [0.1, 0.15) is 13.3 Å². The standard InChI is InChI=1S/C8H10O2/c1-6-4-3-5-7(6)8(9)10-2/h3-4H,5H2,1-2H3. The largest absolute Gasteiger partial charge is 0.466 e. The van der Waals surface area contributed by atoms with Crippen LogP contribution in [0.3, 0.4) is 0 Å². The maximum Gasteiger partial charge on any atom is 0.334 e. The molecule has 0 N–H and O–H groups in total. The highest BCUT2D eigenvalue weighted by Crippen LogP contribution is 2.18. The second kappa shape index (κ2) is 2.69. The van der Waals surface area contributed by atoms with Crippen LogP contribution in [0, 0.1) is 0 Å². The Bertz CT molecular complexity index is 211. The van der Waals surface area contributed by atoms with Crippen LogP contribution in [-0.2, 0) is 9.53 Å². The number of allylic oxidation sites excluding steroid dienone is 3. The lowest BCUT2D eigenvalue weighted by molar-refractivity contribution is -0.136. The Morgan fingerprint density at radius 3 is 2.80 bits per heavy atom. The predicted molar refractivity (Wildman–Crippen MR) is 38.5 cm³/mol. The van der Waals surface area contributed by atoms with Gasteiger partial charge < -0.3 is 4.74 Å². The molecule has 1 aliphatic rings. The molecule has 0 fully saturated rings. The lowest BCUT2D eigenvalue weighted by atomic mass is 10.2. The maximum atomic E-state index is 10.9. The number of carbonyl (C=O) groups is 1. The first-order chi connectivity index (χ1) is 4.75. The van der Waals surface area contributed by atoms with E-state index in [9.17, 15) is 4.79 Å². The molecule has 0 spiro atoms. The highest BCUT2D eigenvalue weighted by Gasteiger charge is 2.13. The molecule has 2 heteroatoms. The van der Waals surface area contributed by atoms with Crippen molar-refractivity contribution in [2.45, 2.75) is 13.3 Å². The monoisotopic (exact) mass is 138 g/mol. The average molecular weight is 138 g/mol. The van der Waals surface area contributed by atoms with E-state index in [1.807, 2.05) is 19.1 Å². The molecule has 0 saturated carbocycles. The second-order valence-electron chi connectivity index (χ2n) is 2.26. The van der Waals surface area contributed by atoms with Crippen LogP contribution in [0.15, 0.2) is 23.3 Å². The van der Waals surface area contributed by atoms with Gasteiger partial charge in [-0.1, -0.05) is 12.2 Å². The van der Waals surface area contributed by atoms with Gasteiger partial charge in [0.1, 0.15) is 0 Å². The Morgan fingerprint density at radius 2 is 2.40 bits per heavy atom. The molecule has 0 atom stereocenters. The lowest BCUT2D eigenvalue weighted by Gasteiger charge is -1.99. The Hall–Kier alpha value is -1.05. The molecule has 0 aromatic rings. The highest BCUT2D eigenvalue weighted by molar-refractivity contribution is 5.90. The van der Waals surface area contributed by atoms with Gasteiger partial charge in [-0.3, -0.25) is 0 Å². The third-order valence-electron chi connectivity index (χ3n) is 1.60. The van der Waals surface area contributed by atoms with Gasteiger partial charge in [-0.05, 0) is 18.9 Å². The van der Waals surface area contributed by atoms with Crippen molar-refractivity contribution in [3.8, 4) is 0 Å². The molecule has 1 rings (SSSR count). The first-order valence-electron chi connectivity index (χ1n) is 3.20. The summed E-state index contributed by atoms with van der Waals surface area (Å²) in [6.07, 6.45) is 4.62. The van der Waals surface area contributed by atoms with Crippen molar-refractivity contribution in [2.75, 3.05) is 7.11 Å². The van der Waals surface area contributed by atoms with E-state index < -0.39 is 0 Å². The third-order valence-corrected chi connectivity index (χ3v) is 1.60. The summed E-state index contributed by atoms with van der Waals surface area (Å²) in [5, 5.41) is 0. The van der Waals surface area contributed by atoms with Crippen molar-refractivity contribution in [3.05, 3.63) is 23.3 Å². The van der Waals surface area contributed by atoms with Gasteiger partial charge in [0.2, 0.25) is 0 Å². The van der Waals surface area contributed by atoms with Crippen LogP contribution < -0.4 is 0 Å². The lowest BCUT2D eigenvalue weighted by Crippen LogP contribution is -2.03. The zero-order valence-corrected chi connectivity index (χ0v) is 6.18. The van der Waals surface area contributed by atoms with Gasteiger partial charge in [-0.25, -0.2) is 4.79 Å². The van der Waals surface area contributed by atoms with Crippen molar-refractivity contribution in [3.63, 3.8) is 0 Å². The molecule has 0 heterocycles. The van der Waals surface area contributed by atoms with E-state index in [0.29, 0.717) is 0 Å². The fraction of sp³-hybridized carbons (Fsp3) is 0.375. The van der Waals surface area contributed by atoms with Crippen molar-refractivity contribution in [1.29, 1.82) is 0 Å². The van der Waals surface area contributed by atoms with E-state index in [2.05, 4.69) is 4.74 Å². The molecule has 0 bridgehead atoms. The van der Waals surface area contributed by atoms with E-state index >= 15 is 0 Å². The SMILES string of the molecule is COC(=O)C1=C(C)C=CC1. The number of esters is 1. The van der Waals surface area contributed by atoms with Crippen LogP contribution in [0.2, 0.25) is 0 Å². The van der Waals surface area contributed by atoms with Gasteiger partial charge in [0.15, 0.2) is 0 Å². The number of methoxy groups -OCH3 is 1. The zero-order chi connectivity index (χ0) is 7.56. The van der Waals surface area contributed by atoms with Crippen LogP contribution in [0.25, 0.3) is 0 Å². The van der Waals surface area contributed by atoms with Gasteiger partial charge in [0.05, 0.1) is 7.11 Å². The highest BCUT2D eigenvalue weighted by atomic mass is 16.5. The minimum atomic E-state index is -0.206. The fourth-order valence-electron chi connectivity index (χ4n) is 0.983. The fourth-order valence-corrected chi connectivity index (χ4v) is 0.983. The summed E-state index contributed by atoms with van der Waals surface area (Å²) in [4.78, 5) is 10.9. The smallest absolute Gasteiger partial charge is 0.334 e. The summed E-state index contributed by atoms with van der Waals surface area (Å²) in [7, 11) is 1.40. The molecule has 0 unspecified atom stereocenters. The zero-order valence-electron chi connectivity index (χ0n) is 6.18. The predicted octanol–water partition coefficient (Wildman–Crippen LogP) is 1.44. The van der Waals surface area contributed by atoms with Gasteiger partial charge in [-0.2, -0.15) is 0 Å². The van der Waals surface area contributed by atoms with Gasteiger partial charge in [0.25, 0.3) is 0 Å². The van der Waals surface area contributed by atoms with E-state index in [1.165, 1.54) is 7.11 Å². The van der Waals surface area contributed by atoms with E-state index in [-0.39, 0.29) is 5.97 Å². The summed E-state index contributed by atoms with van der Waals surface area (Å²) in [5.74, 6) is -0.206. The number of carbonyl (C=O) groups excluding carboxylic acids is 1. The Morgan fingerprint density at radius 1 is 1.70 bits per heavy atom. The minimum Gasteiger partial charge on any atom is -0.466 e. The molecular weight excluding hydrogens is 128 g/mol. The van der Waals surface area contributed by atoms with Crippen molar-refractivity contribution in [2.24, 2.45) is 0 Å². The van der Waals surface area contributed by atoms with Gasteiger partial charge in [-0.15, -0.1) is 0 Å². The quantitative estimate of drug-likeness (QED) is 0.512. The van der Waals surface area contributed by atoms with Crippen LogP contribution in [-0.4, -0.2) is 13.1 Å². The first-order valence-corrected chi connectivity index (χ1v) is 3.20. The maximum absolute atomic E-state index is 10.9. The summed E-state index contributed by atoms with van der Waals surface area (Å²) >= 11 is 0. The molecule has 0 radical (unpaired) electrons. The number of hydrogen-bond acceptors (Lipinski definition) is 2. The summed E-state index contributed by atoms with van der Waals surface area (Å²) in [6, 6.07) is 0. The Kier molecular flexibility index (Phi) is 1.90. The van der Waals surface area contributed by atoms with E-state index in [1.54, 1.807) is 0 Å². The number of hydrogen-bond donors (Lipinski definition) is 0. The molecule has 2 nitrogen and oxygen atoms in total. The topological polar surface area (TPSA) is 26.3 Å². The summed E-state index contributed by atoms with van der Waals surface area (Å²) in [5.41, 5.74) is 1.80. The normalized spacial score (nSPS) is 16.2. The Labute approximate surface area is 60.2 Å². The average Bonchev–Trinajstić information content (AvgIpc) is 2.34. The van der Waals surface area contributed by atoms with E-state index in [4.69, 9.17) is 0 Å². The van der Waals surface area contributed by atoms with Crippen LogP contribution in [0.4, 0.5) is 0 Å². The van der Waals surface area contributed by atoms with Crippen molar-refractivity contribution in [1.82, 2.24) is 0 Å². The Balaban J connectivity index is 2.76. The summed E-state index contributed by atoms with van der Waals surface area (Å²) < 4.78 is 4.57. The third kappa shape index (κ3) is 1.10. The number of rotatable bonds is 1. The molecule has 0 aliphatic heterocycles. The van der Waals surface area contributed by atoms with Crippen LogP contribution >= 0.6 is 0 Å². The van der Waals surface area contributed by atoms with E-state index in [0.717, 1.165) is 17.6 Å².